The number of anilines is 1. The lowest BCUT2D eigenvalue weighted by Gasteiger charge is -2.14. The minimum atomic E-state index is -4.80. The van der Waals surface area contributed by atoms with Crippen molar-refractivity contribution < 1.29 is 31.1 Å². The SMILES string of the molecule is FC(F)(F)Oc1cccc(C2Cc3cc(C(F)(F)F)ccc3N2)c1. The van der Waals surface area contributed by atoms with Crippen LogP contribution in [0.1, 0.15) is 22.7 Å². The second kappa shape index (κ2) is 5.61. The molecule has 1 atom stereocenters. The Hall–Kier alpha value is -2.38. The van der Waals surface area contributed by atoms with E-state index in [9.17, 15) is 26.3 Å². The first-order chi connectivity index (χ1) is 11.1. The molecular formula is C16H11F6NO. The maximum absolute atomic E-state index is 12.7. The zero-order valence-electron chi connectivity index (χ0n) is 12.0. The third-order valence-electron chi connectivity index (χ3n) is 3.68. The Labute approximate surface area is 133 Å². The van der Waals surface area contributed by atoms with Gasteiger partial charge in [-0.15, -0.1) is 13.2 Å². The van der Waals surface area contributed by atoms with E-state index in [1.807, 2.05) is 0 Å². The van der Waals surface area contributed by atoms with Crippen LogP contribution in [0.3, 0.4) is 0 Å². The van der Waals surface area contributed by atoms with Gasteiger partial charge in [0, 0.05) is 5.69 Å². The third-order valence-corrected chi connectivity index (χ3v) is 3.68. The summed E-state index contributed by atoms with van der Waals surface area (Å²) in [4.78, 5) is 0. The maximum atomic E-state index is 12.7. The lowest BCUT2D eigenvalue weighted by atomic mass is 10.0. The van der Waals surface area contributed by atoms with Gasteiger partial charge in [0.15, 0.2) is 0 Å². The van der Waals surface area contributed by atoms with Crippen LogP contribution in [-0.2, 0) is 12.6 Å². The van der Waals surface area contributed by atoms with E-state index in [0.717, 1.165) is 12.1 Å². The molecule has 1 N–H and O–H groups in total. The molecule has 0 radical (unpaired) electrons. The van der Waals surface area contributed by atoms with E-state index >= 15 is 0 Å². The number of nitrogens with one attached hydrogen (secondary N) is 1. The van der Waals surface area contributed by atoms with Crippen LogP contribution in [0.4, 0.5) is 32.0 Å². The van der Waals surface area contributed by atoms with Crippen LogP contribution in [0.15, 0.2) is 42.5 Å². The molecule has 1 aliphatic rings. The second-order valence-corrected chi connectivity index (χ2v) is 5.39. The molecule has 2 nitrogen and oxygen atoms in total. The van der Waals surface area contributed by atoms with E-state index < -0.39 is 24.1 Å². The molecule has 0 spiro atoms. The Balaban J connectivity index is 1.82. The molecule has 8 heteroatoms. The van der Waals surface area contributed by atoms with E-state index in [-0.39, 0.29) is 12.2 Å². The summed E-state index contributed by atoms with van der Waals surface area (Å²) < 4.78 is 78.9. The fourth-order valence-corrected chi connectivity index (χ4v) is 2.67. The van der Waals surface area contributed by atoms with Gasteiger partial charge in [0.25, 0.3) is 0 Å². The topological polar surface area (TPSA) is 21.3 Å². The van der Waals surface area contributed by atoms with Crippen molar-refractivity contribution in [2.24, 2.45) is 0 Å². The maximum Gasteiger partial charge on any atom is 0.573 e. The summed E-state index contributed by atoms with van der Waals surface area (Å²) in [5.74, 6) is -0.367. The predicted octanol–water partition coefficient (Wildman–Crippen LogP) is 5.31. The number of ether oxygens (including phenoxy) is 1. The normalized spacial score (nSPS) is 17.3. The molecule has 1 unspecified atom stereocenters. The number of rotatable bonds is 2. The molecule has 24 heavy (non-hydrogen) atoms. The third kappa shape index (κ3) is 3.58. The fraction of sp³-hybridized carbons (Fsp3) is 0.250. The average Bonchev–Trinajstić information content (AvgIpc) is 2.87. The van der Waals surface area contributed by atoms with E-state index in [1.165, 1.54) is 24.3 Å². The zero-order chi connectivity index (χ0) is 17.5. The number of alkyl halides is 6. The molecule has 1 heterocycles. The summed E-state index contributed by atoms with van der Waals surface area (Å²) in [5, 5.41) is 3.02. The first kappa shape index (κ1) is 16.5. The molecule has 0 bridgehead atoms. The largest absolute Gasteiger partial charge is 0.573 e. The van der Waals surface area contributed by atoms with Crippen LogP contribution in [0.2, 0.25) is 0 Å². The molecular weight excluding hydrogens is 336 g/mol. The summed E-state index contributed by atoms with van der Waals surface area (Å²) in [6, 6.07) is 8.33. The van der Waals surface area contributed by atoms with Crippen LogP contribution >= 0.6 is 0 Å². The van der Waals surface area contributed by atoms with Crippen LogP contribution < -0.4 is 10.1 Å². The van der Waals surface area contributed by atoms with Crippen molar-refractivity contribution >= 4 is 5.69 Å². The van der Waals surface area contributed by atoms with Gasteiger partial charge in [-0.2, -0.15) is 13.2 Å². The first-order valence-electron chi connectivity index (χ1n) is 6.94. The Bertz CT molecular complexity index is 753. The molecule has 0 aromatic heterocycles. The van der Waals surface area contributed by atoms with Crippen molar-refractivity contribution in [3.05, 3.63) is 59.2 Å². The first-order valence-corrected chi connectivity index (χ1v) is 6.94. The Morgan fingerprint density at radius 2 is 1.71 bits per heavy atom. The zero-order valence-corrected chi connectivity index (χ0v) is 12.0. The summed E-state index contributed by atoms with van der Waals surface area (Å²) in [6.07, 6.45) is -8.99. The minimum Gasteiger partial charge on any atom is -0.406 e. The van der Waals surface area contributed by atoms with Gasteiger partial charge in [-0.05, 0) is 47.9 Å². The van der Waals surface area contributed by atoms with E-state index in [1.54, 1.807) is 6.07 Å². The second-order valence-electron chi connectivity index (χ2n) is 5.39. The molecule has 0 saturated carbocycles. The van der Waals surface area contributed by atoms with Gasteiger partial charge >= 0.3 is 12.5 Å². The summed E-state index contributed by atoms with van der Waals surface area (Å²) in [6.45, 7) is 0. The Morgan fingerprint density at radius 1 is 0.958 bits per heavy atom. The van der Waals surface area contributed by atoms with Crippen LogP contribution in [-0.4, -0.2) is 6.36 Å². The highest BCUT2D eigenvalue weighted by Gasteiger charge is 2.33. The highest BCUT2D eigenvalue weighted by molar-refractivity contribution is 5.59. The van der Waals surface area contributed by atoms with E-state index in [2.05, 4.69) is 10.1 Å². The lowest BCUT2D eigenvalue weighted by molar-refractivity contribution is -0.274. The molecule has 0 fully saturated rings. The average molecular weight is 347 g/mol. The van der Waals surface area contributed by atoms with Gasteiger partial charge in [0.05, 0.1) is 11.6 Å². The molecule has 1 aliphatic heterocycles. The van der Waals surface area contributed by atoms with Crippen molar-refractivity contribution in [1.29, 1.82) is 0 Å². The van der Waals surface area contributed by atoms with Gasteiger partial charge < -0.3 is 10.1 Å². The van der Waals surface area contributed by atoms with E-state index in [0.29, 0.717) is 16.8 Å². The molecule has 0 saturated heterocycles. The van der Waals surface area contributed by atoms with Crippen LogP contribution in [0.5, 0.6) is 5.75 Å². The lowest BCUT2D eigenvalue weighted by Crippen LogP contribution is -2.17. The van der Waals surface area contributed by atoms with Gasteiger partial charge in [-0.3, -0.25) is 0 Å². The number of fused-ring (bicyclic) bond motifs is 1. The van der Waals surface area contributed by atoms with Gasteiger partial charge in [0.2, 0.25) is 0 Å². The van der Waals surface area contributed by atoms with Gasteiger partial charge in [0.1, 0.15) is 5.75 Å². The van der Waals surface area contributed by atoms with Crippen molar-refractivity contribution in [3.63, 3.8) is 0 Å². The van der Waals surface area contributed by atoms with Gasteiger partial charge in [-0.25, -0.2) is 0 Å². The van der Waals surface area contributed by atoms with Crippen LogP contribution in [0, 0.1) is 0 Å². The fourth-order valence-electron chi connectivity index (χ4n) is 2.67. The Morgan fingerprint density at radius 3 is 2.38 bits per heavy atom. The van der Waals surface area contributed by atoms with Crippen molar-refractivity contribution in [1.82, 2.24) is 0 Å². The highest BCUT2D eigenvalue weighted by Crippen LogP contribution is 2.39. The number of halogens is 6. The molecule has 0 amide bonds. The van der Waals surface area contributed by atoms with Crippen molar-refractivity contribution in [2.45, 2.75) is 25.0 Å². The standard InChI is InChI=1S/C16H11F6NO/c17-15(18,19)11-4-5-13-10(6-11)8-14(23-13)9-2-1-3-12(7-9)24-16(20,21)22/h1-7,14,23H,8H2. The molecule has 2 aromatic carbocycles. The smallest absolute Gasteiger partial charge is 0.406 e. The highest BCUT2D eigenvalue weighted by atomic mass is 19.4. The number of benzene rings is 2. The summed E-state index contributed by atoms with van der Waals surface area (Å²) >= 11 is 0. The molecule has 0 aliphatic carbocycles. The predicted molar refractivity (Wildman–Crippen MR) is 74.6 cm³/mol. The molecule has 2 aromatic rings. The summed E-state index contributed by atoms with van der Waals surface area (Å²) in [5.41, 5.74) is 0.756. The Kier molecular flexibility index (Phi) is 3.85. The molecule has 3 rings (SSSR count). The monoisotopic (exact) mass is 347 g/mol. The van der Waals surface area contributed by atoms with Crippen molar-refractivity contribution in [3.8, 4) is 5.75 Å². The summed E-state index contributed by atoms with van der Waals surface area (Å²) in [7, 11) is 0. The van der Waals surface area contributed by atoms with E-state index in [4.69, 9.17) is 0 Å². The number of hydrogen-bond acceptors (Lipinski definition) is 2. The molecule has 128 valence electrons. The van der Waals surface area contributed by atoms with Gasteiger partial charge in [-0.1, -0.05) is 12.1 Å². The quantitative estimate of drug-likeness (QED) is 0.743. The number of hydrogen-bond donors (Lipinski definition) is 1. The minimum absolute atomic E-state index is 0.245. The van der Waals surface area contributed by atoms with Crippen molar-refractivity contribution in [2.75, 3.05) is 5.32 Å². The van der Waals surface area contributed by atoms with Crippen LogP contribution in [0.25, 0.3) is 0 Å².